The number of carbonyl (C=O) groups is 1. The number of carboxylic acids is 1. The molecular weight excluding hydrogens is 178 g/mol. The van der Waals surface area contributed by atoms with Gasteiger partial charge in [0.1, 0.15) is 6.04 Å². The fraction of sp³-hybridized carbons (Fsp3) is 0.364. The van der Waals surface area contributed by atoms with Gasteiger partial charge in [-0.15, -0.1) is 0 Å². The predicted molar refractivity (Wildman–Crippen MR) is 55.2 cm³/mol. The molecule has 1 N–H and O–H groups in total. The molecule has 0 aromatic heterocycles. The number of likely N-dealkylation sites (N-methyl/N-ethyl adjacent to an activating group) is 1. The third-order valence-corrected chi connectivity index (χ3v) is 2.14. The predicted octanol–water partition coefficient (Wildman–Crippen LogP) is 1.68. The maximum atomic E-state index is 11.0. The molecule has 0 aliphatic heterocycles. The SMILES string of the molecule is Cc1ccc(C(C(=O)O)N(C)C)cc1. The van der Waals surface area contributed by atoms with E-state index in [-0.39, 0.29) is 0 Å². The number of aryl methyl sites for hydroxylation is 1. The van der Waals surface area contributed by atoms with Crippen molar-refractivity contribution in [2.45, 2.75) is 13.0 Å². The zero-order valence-corrected chi connectivity index (χ0v) is 8.69. The summed E-state index contributed by atoms with van der Waals surface area (Å²) in [5, 5.41) is 9.02. The monoisotopic (exact) mass is 193 g/mol. The molecule has 1 aromatic rings. The summed E-state index contributed by atoms with van der Waals surface area (Å²) in [6.45, 7) is 1.98. The van der Waals surface area contributed by atoms with Crippen LogP contribution < -0.4 is 0 Å². The van der Waals surface area contributed by atoms with Gasteiger partial charge >= 0.3 is 5.97 Å². The Morgan fingerprint density at radius 2 is 1.79 bits per heavy atom. The highest BCUT2D eigenvalue weighted by Gasteiger charge is 2.21. The Hall–Kier alpha value is -1.35. The van der Waals surface area contributed by atoms with E-state index in [0.29, 0.717) is 0 Å². The van der Waals surface area contributed by atoms with Gasteiger partial charge in [-0.1, -0.05) is 29.8 Å². The van der Waals surface area contributed by atoms with Crippen molar-refractivity contribution in [3.05, 3.63) is 35.4 Å². The molecule has 1 rings (SSSR count). The van der Waals surface area contributed by atoms with Gasteiger partial charge in [0.2, 0.25) is 0 Å². The van der Waals surface area contributed by atoms with E-state index >= 15 is 0 Å². The Morgan fingerprint density at radius 3 is 2.14 bits per heavy atom. The quantitative estimate of drug-likeness (QED) is 0.794. The van der Waals surface area contributed by atoms with Crippen LogP contribution in [0.25, 0.3) is 0 Å². The van der Waals surface area contributed by atoms with E-state index in [9.17, 15) is 4.79 Å². The van der Waals surface area contributed by atoms with Crippen LogP contribution in [0.1, 0.15) is 17.2 Å². The number of hydrogen-bond donors (Lipinski definition) is 1. The minimum absolute atomic E-state index is 0.560. The molecule has 76 valence electrons. The second-order valence-corrected chi connectivity index (χ2v) is 3.62. The van der Waals surface area contributed by atoms with Crippen molar-refractivity contribution < 1.29 is 9.90 Å². The van der Waals surface area contributed by atoms with E-state index in [4.69, 9.17) is 5.11 Å². The topological polar surface area (TPSA) is 40.5 Å². The van der Waals surface area contributed by atoms with Crippen LogP contribution in [0.2, 0.25) is 0 Å². The van der Waals surface area contributed by atoms with E-state index in [1.165, 1.54) is 0 Å². The van der Waals surface area contributed by atoms with Crippen molar-refractivity contribution in [1.82, 2.24) is 4.90 Å². The number of rotatable bonds is 3. The van der Waals surface area contributed by atoms with Crippen LogP contribution in [-0.4, -0.2) is 30.1 Å². The second-order valence-electron chi connectivity index (χ2n) is 3.62. The highest BCUT2D eigenvalue weighted by Crippen LogP contribution is 2.18. The zero-order chi connectivity index (χ0) is 10.7. The Labute approximate surface area is 84.0 Å². The van der Waals surface area contributed by atoms with Gasteiger partial charge in [-0.05, 0) is 26.6 Å². The van der Waals surface area contributed by atoms with Crippen molar-refractivity contribution in [2.24, 2.45) is 0 Å². The van der Waals surface area contributed by atoms with Crippen LogP contribution in [0.4, 0.5) is 0 Å². The molecule has 0 aliphatic carbocycles. The van der Waals surface area contributed by atoms with Gasteiger partial charge in [0.15, 0.2) is 0 Å². The summed E-state index contributed by atoms with van der Waals surface area (Å²) in [5.41, 5.74) is 1.95. The lowest BCUT2D eigenvalue weighted by Gasteiger charge is -2.20. The fourth-order valence-electron chi connectivity index (χ4n) is 1.41. The molecule has 0 bridgehead atoms. The molecule has 0 aliphatic rings. The normalized spacial score (nSPS) is 12.9. The van der Waals surface area contributed by atoms with Gasteiger partial charge in [0, 0.05) is 0 Å². The molecule has 0 radical (unpaired) electrons. The maximum Gasteiger partial charge on any atom is 0.325 e. The van der Waals surface area contributed by atoms with Crippen LogP contribution in [0.5, 0.6) is 0 Å². The molecule has 0 spiro atoms. The summed E-state index contributed by atoms with van der Waals surface area (Å²) in [4.78, 5) is 12.7. The lowest BCUT2D eigenvalue weighted by molar-refractivity contribution is -0.142. The summed E-state index contributed by atoms with van der Waals surface area (Å²) >= 11 is 0. The first-order valence-electron chi connectivity index (χ1n) is 4.48. The third kappa shape index (κ3) is 2.33. The average molecular weight is 193 g/mol. The van der Waals surface area contributed by atoms with E-state index in [2.05, 4.69) is 0 Å². The smallest absolute Gasteiger partial charge is 0.325 e. The fourth-order valence-corrected chi connectivity index (χ4v) is 1.41. The van der Waals surface area contributed by atoms with Gasteiger partial charge in [-0.2, -0.15) is 0 Å². The molecule has 3 nitrogen and oxygen atoms in total. The minimum Gasteiger partial charge on any atom is -0.480 e. The molecule has 0 fully saturated rings. The summed E-state index contributed by atoms with van der Waals surface area (Å²) in [6.07, 6.45) is 0. The molecule has 14 heavy (non-hydrogen) atoms. The first-order valence-corrected chi connectivity index (χ1v) is 4.48. The number of benzene rings is 1. The molecule has 0 amide bonds. The minimum atomic E-state index is -0.821. The summed E-state index contributed by atoms with van der Waals surface area (Å²) < 4.78 is 0. The largest absolute Gasteiger partial charge is 0.480 e. The highest BCUT2D eigenvalue weighted by molar-refractivity contribution is 5.75. The van der Waals surface area contributed by atoms with Gasteiger partial charge < -0.3 is 5.11 Å². The standard InChI is InChI=1S/C11H15NO2/c1-8-4-6-9(7-5-8)10(11(13)14)12(2)3/h4-7,10H,1-3H3,(H,13,14). The van der Waals surface area contributed by atoms with Crippen LogP contribution in [-0.2, 0) is 4.79 Å². The molecule has 1 unspecified atom stereocenters. The Bertz CT molecular complexity index is 317. The molecule has 0 heterocycles. The third-order valence-electron chi connectivity index (χ3n) is 2.14. The Balaban J connectivity index is 3.00. The molecule has 1 aromatic carbocycles. The zero-order valence-electron chi connectivity index (χ0n) is 8.69. The molecule has 1 atom stereocenters. The average Bonchev–Trinajstić information content (AvgIpc) is 2.07. The molecular formula is C11H15NO2. The number of aliphatic carboxylic acids is 1. The van der Waals surface area contributed by atoms with Crippen LogP contribution in [0.3, 0.4) is 0 Å². The Kier molecular flexibility index (Phi) is 3.25. The van der Waals surface area contributed by atoms with Gasteiger partial charge in [-0.3, -0.25) is 9.69 Å². The number of hydrogen-bond acceptors (Lipinski definition) is 2. The van der Waals surface area contributed by atoms with Gasteiger partial charge in [0.05, 0.1) is 0 Å². The van der Waals surface area contributed by atoms with Crippen molar-refractivity contribution in [3.8, 4) is 0 Å². The lowest BCUT2D eigenvalue weighted by atomic mass is 10.0. The van der Waals surface area contributed by atoms with Crippen molar-refractivity contribution >= 4 is 5.97 Å². The van der Waals surface area contributed by atoms with Crippen molar-refractivity contribution in [1.29, 1.82) is 0 Å². The van der Waals surface area contributed by atoms with Gasteiger partial charge in [0.25, 0.3) is 0 Å². The van der Waals surface area contributed by atoms with E-state index in [1.54, 1.807) is 19.0 Å². The molecule has 0 saturated heterocycles. The van der Waals surface area contributed by atoms with Gasteiger partial charge in [-0.25, -0.2) is 0 Å². The summed E-state index contributed by atoms with van der Waals surface area (Å²) in [6, 6.07) is 7.00. The van der Waals surface area contributed by atoms with Crippen molar-refractivity contribution in [3.63, 3.8) is 0 Å². The first-order chi connectivity index (χ1) is 6.52. The van der Waals surface area contributed by atoms with Crippen LogP contribution in [0.15, 0.2) is 24.3 Å². The second kappa shape index (κ2) is 4.24. The van der Waals surface area contributed by atoms with Crippen molar-refractivity contribution in [2.75, 3.05) is 14.1 Å². The molecule has 3 heteroatoms. The van der Waals surface area contributed by atoms with E-state index < -0.39 is 12.0 Å². The Morgan fingerprint density at radius 1 is 1.29 bits per heavy atom. The lowest BCUT2D eigenvalue weighted by Crippen LogP contribution is -2.27. The number of nitrogens with zero attached hydrogens (tertiary/aromatic N) is 1. The summed E-state index contributed by atoms with van der Waals surface area (Å²) in [7, 11) is 3.53. The maximum absolute atomic E-state index is 11.0. The van der Waals surface area contributed by atoms with Crippen LogP contribution >= 0.6 is 0 Å². The van der Waals surface area contributed by atoms with E-state index in [1.807, 2.05) is 31.2 Å². The summed E-state index contributed by atoms with van der Waals surface area (Å²) in [5.74, 6) is -0.821. The van der Waals surface area contributed by atoms with E-state index in [0.717, 1.165) is 11.1 Å². The number of carboxylic acid groups (broad SMARTS) is 1. The van der Waals surface area contributed by atoms with Crippen LogP contribution in [0, 0.1) is 6.92 Å². The first kappa shape index (κ1) is 10.7. The molecule has 0 saturated carbocycles. The highest BCUT2D eigenvalue weighted by atomic mass is 16.4.